The van der Waals surface area contributed by atoms with Crippen molar-refractivity contribution >= 4 is 22.2 Å². The van der Waals surface area contributed by atoms with Gasteiger partial charge in [-0.3, -0.25) is 0 Å². The summed E-state index contributed by atoms with van der Waals surface area (Å²) in [4.78, 5) is 1.92. The van der Waals surface area contributed by atoms with Gasteiger partial charge in [0.05, 0.1) is 0 Å². The molecule has 0 aliphatic rings. The van der Waals surface area contributed by atoms with Gasteiger partial charge in [0.2, 0.25) is 5.13 Å². The van der Waals surface area contributed by atoms with Crippen molar-refractivity contribution in [2.45, 2.75) is 6.42 Å². The van der Waals surface area contributed by atoms with Gasteiger partial charge in [0, 0.05) is 12.2 Å². The molecular weight excluding hydrogens is 239 g/mol. The number of benzene rings is 1. The molecular formula is C11H13FN4S. The summed E-state index contributed by atoms with van der Waals surface area (Å²) in [6.07, 6.45) is 0.816. The minimum Gasteiger partial charge on any atom is -0.330 e. The fraction of sp³-hybridized carbons (Fsp3) is 0.273. The van der Waals surface area contributed by atoms with Crippen LogP contribution >= 0.6 is 11.3 Å². The Balaban J connectivity index is 2.27. The SMILES string of the molecule is NCCCN(c1cccc(F)c1)c1nncs1. The maximum absolute atomic E-state index is 13.2. The largest absolute Gasteiger partial charge is 0.330 e. The summed E-state index contributed by atoms with van der Waals surface area (Å²) in [6, 6.07) is 6.44. The Morgan fingerprint density at radius 3 is 2.94 bits per heavy atom. The summed E-state index contributed by atoms with van der Waals surface area (Å²) in [6.45, 7) is 1.29. The number of nitrogens with two attached hydrogens (primary N) is 1. The smallest absolute Gasteiger partial charge is 0.212 e. The third-order valence-corrected chi connectivity index (χ3v) is 3.00. The average Bonchev–Trinajstić information content (AvgIpc) is 2.83. The van der Waals surface area contributed by atoms with Crippen molar-refractivity contribution < 1.29 is 4.39 Å². The van der Waals surface area contributed by atoms with Crippen LogP contribution in [0.5, 0.6) is 0 Å². The number of hydrogen-bond acceptors (Lipinski definition) is 5. The van der Waals surface area contributed by atoms with E-state index in [1.54, 1.807) is 11.6 Å². The van der Waals surface area contributed by atoms with E-state index in [0.717, 1.165) is 17.2 Å². The zero-order valence-electron chi connectivity index (χ0n) is 9.21. The maximum atomic E-state index is 13.2. The van der Waals surface area contributed by atoms with Crippen LogP contribution in [0.25, 0.3) is 0 Å². The van der Waals surface area contributed by atoms with E-state index in [-0.39, 0.29) is 5.82 Å². The van der Waals surface area contributed by atoms with E-state index in [1.807, 2.05) is 11.0 Å². The van der Waals surface area contributed by atoms with Gasteiger partial charge in [0.15, 0.2) is 0 Å². The van der Waals surface area contributed by atoms with Gasteiger partial charge in [0.25, 0.3) is 0 Å². The fourth-order valence-corrected chi connectivity index (χ4v) is 2.12. The number of anilines is 2. The maximum Gasteiger partial charge on any atom is 0.212 e. The summed E-state index contributed by atoms with van der Waals surface area (Å²) < 4.78 is 13.2. The molecule has 0 saturated carbocycles. The van der Waals surface area contributed by atoms with Crippen LogP contribution in [0.3, 0.4) is 0 Å². The van der Waals surface area contributed by atoms with Crippen molar-refractivity contribution in [2.75, 3.05) is 18.0 Å². The molecule has 0 fully saturated rings. The summed E-state index contributed by atoms with van der Waals surface area (Å²) in [5.41, 5.74) is 7.93. The normalized spacial score (nSPS) is 10.5. The number of aromatic nitrogens is 2. The molecule has 0 amide bonds. The van der Waals surface area contributed by atoms with Crippen molar-refractivity contribution in [3.05, 3.63) is 35.6 Å². The molecule has 1 aromatic carbocycles. The van der Waals surface area contributed by atoms with Gasteiger partial charge in [-0.15, -0.1) is 10.2 Å². The molecule has 2 rings (SSSR count). The van der Waals surface area contributed by atoms with Crippen LogP contribution in [-0.2, 0) is 0 Å². The van der Waals surface area contributed by atoms with Gasteiger partial charge >= 0.3 is 0 Å². The van der Waals surface area contributed by atoms with E-state index in [4.69, 9.17) is 5.73 Å². The first-order valence-corrected chi connectivity index (χ1v) is 6.18. The highest BCUT2D eigenvalue weighted by Gasteiger charge is 2.12. The lowest BCUT2D eigenvalue weighted by atomic mass is 10.2. The number of halogens is 1. The monoisotopic (exact) mass is 252 g/mol. The lowest BCUT2D eigenvalue weighted by molar-refractivity contribution is 0.627. The summed E-state index contributed by atoms with van der Waals surface area (Å²) in [5.74, 6) is -0.259. The quantitative estimate of drug-likeness (QED) is 0.886. The molecule has 0 aliphatic heterocycles. The summed E-state index contributed by atoms with van der Waals surface area (Å²) in [7, 11) is 0. The molecule has 1 aromatic heterocycles. The second-order valence-corrected chi connectivity index (χ2v) is 4.31. The van der Waals surface area contributed by atoms with Crippen LogP contribution in [0.2, 0.25) is 0 Å². The van der Waals surface area contributed by atoms with Gasteiger partial charge in [0.1, 0.15) is 11.3 Å². The minimum atomic E-state index is -0.259. The predicted molar refractivity (Wildman–Crippen MR) is 67.0 cm³/mol. The van der Waals surface area contributed by atoms with E-state index in [0.29, 0.717) is 13.1 Å². The Bertz CT molecular complexity index is 460. The van der Waals surface area contributed by atoms with Gasteiger partial charge in [-0.05, 0) is 31.2 Å². The molecule has 0 aliphatic carbocycles. The molecule has 90 valence electrons. The summed E-state index contributed by atoms with van der Waals surface area (Å²) in [5, 5.41) is 8.56. The Morgan fingerprint density at radius 2 is 2.29 bits per heavy atom. The topological polar surface area (TPSA) is 55.0 Å². The third kappa shape index (κ3) is 2.98. The number of hydrogen-bond donors (Lipinski definition) is 1. The first kappa shape index (κ1) is 11.9. The third-order valence-electron chi connectivity index (χ3n) is 2.29. The lowest BCUT2D eigenvalue weighted by Gasteiger charge is -2.21. The zero-order valence-corrected chi connectivity index (χ0v) is 10.0. The van der Waals surface area contributed by atoms with E-state index in [1.165, 1.54) is 23.5 Å². The molecule has 0 radical (unpaired) electrons. The second kappa shape index (κ2) is 5.70. The molecule has 1 heterocycles. The molecule has 0 atom stereocenters. The standard InChI is InChI=1S/C11H13FN4S/c12-9-3-1-4-10(7-9)16(6-2-5-13)11-15-14-8-17-11/h1,3-4,7-8H,2,5-6,13H2. The second-order valence-electron chi connectivity index (χ2n) is 3.50. The van der Waals surface area contributed by atoms with Crippen molar-refractivity contribution in [1.29, 1.82) is 0 Å². The predicted octanol–water partition coefficient (Wildman–Crippen LogP) is 2.16. The fourth-order valence-electron chi connectivity index (χ4n) is 1.51. The molecule has 17 heavy (non-hydrogen) atoms. The first-order chi connectivity index (χ1) is 8.31. The Kier molecular flexibility index (Phi) is 4.00. The minimum absolute atomic E-state index is 0.259. The average molecular weight is 252 g/mol. The van der Waals surface area contributed by atoms with E-state index in [9.17, 15) is 4.39 Å². The van der Waals surface area contributed by atoms with Crippen LogP contribution in [0.1, 0.15) is 6.42 Å². The highest BCUT2D eigenvalue weighted by Crippen LogP contribution is 2.26. The molecule has 6 heteroatoms. The number of rotatable bonds is 5. The Hall–Kier alpha value is -1.53. The first-order valence-electron chi connectivity index (χ1n) is 5.30. The number of nitrogens with zero attached hydrogens (tertiary/aromatic N) is 3. The molecule has 0 unspecified atom stereocenters. The van der Waals surface area contributed by atoms with Gasteiger partial charge in [-0.2, -0.15) is 0 Å². The van der Waals surface area contributed by atoms with Gasteiger partial charge < -0.3 is 10.6 Å². The van der Waals surface area contributed by atoms with Crippen molar-refractivity contribution in [2.24, 2.45) is 5.73 Å². The van der Waals surface area contributed by atoms with Gasteiger partial charge in [-0.25, -0.2) is 4.39 Å². The highest BCUT2D eigenvalue weighted by atomic mass is 32.1. The molecule has 0 saturated heterocycles. The molecule has 4 nitrogen and oxygen atoms in total. The zero-order chi connectivity index (χ0) is 12.1. The lowest BCUT2D eigenvalue weighted by Crippen LogP contribution is -2.20. The van der Waals surface area contributed by atoms with Crippen molar-refractivity contribution in [3.63, 3.8) is 0 Å². The summed E-state index contributed by atoms with van der Waals surface area (Å²) >= 11 is 1.42. The van der Waals surface area contributed by atoms with E-state index >= 15 is 0 Å². The molecule has 0 bridgehead atoms. The molecule has 2 N–H and O–H groups in total. The van der Waals surface area contributed by atoms with Crippen molar-refractivity contribution in [1.82, 2.24) is 10.2 Å². The van der Waals surface area contributed by atoms with Crippen LogP contribution in [0, 0.1) is 5.82 Å². The van der Waals surface area contributed by atoms with Crippen LogP contribution in [-0.4, -0.2) is 23.3 Å². The Morgan fingerprint density at radius 1 is 1.41 bits per heavy atom. The van der Waals surface area contributed by atoms with E-state index < -0.39 is 0 Å². The van der Waals surface area contributed by atoms with Crippen molar-refractivity contribution in [3.8, 4) is 0 Å². The van der Waals surface area contributed by atoms with Crippen LogP contribution < -0.4 is 10.6 Å². The van der Waals surface area contributed by atoms with Gasteiger partial charge in [-0.1, -0.05) is 17.4 Å². The Labute approximate surface area is 103 Å². The molecule has 0 spiro atoms. The van der Waals surface area contributed by atoms with E-state index in [2.05, 4.69) is 10.2 Å². The highest BCUT2D eigenvalue weighted by molar-refractivity contribution is 7.13. The van der Waals surface area contributed by atoms with Crippen LogP contribution in [0.4, 0.5) is 15.2 Å². The van der Waals surface area contributed by atoms with Crippen LogP contribution in [0.15, 0.2) is 29.8 Å². The molecule has 2 aromatic rings.